The number of hydrogen-bond acceptors (Lipinski definition) is 6. The number of aromatic nitrogens is 2. The Kier molecular flexibility index (Phi) is 4.04. The predicted molar refractivity (Wildman–Crippen MR) is 92.4 cm³/mol. The number of rotatable bonds is 4. The molecule has 0 unspecified atom stereocenters. The maximum Gasteiger partial charge on any atom is 0.260 e. The molecule has 0 spiro atoms. The molecular weight excluding hydrogens is 312 g/mol. The molecule has 0 aliphatic rings. The molecule has 0 saturated carbocycles. The maximum atomic E-state index is 12.5. The van der Waals surface area contributed by atoms with E-state index in [9.17, 15) is 4.79 Å². The van der Waals surface area contributed by atoms with Gasteiger partial charge in [0.05, 0.1) is 11.3 Å². The fourth-order valence-electron chi connectivity index (χ4n) is 2.27. The Morgan fingerprint density at radius 3 is 2.83 bits per heavy atom. The number of carbonyl (C=O) groups is 1. The highest BCUT2D eigenvalue weighted by Crippen LogP contribution is 2.27. The van der Waals surface area contributed by atoms with Crippen molar-refractivity contribution in [3.05, 3.63) is 35.3 Å². The second kappa shape index (κ2) is 6.00. The molecule has 0 atom stereocenters. The van der Waals surface area contributed by atoms with Gasteiger partial charge < -0.3 is 15.1 Å². The van der Waals surface area contributed by atoms with Gasteiger partial charge in [0, 0.05) is 18.7 Å². The van der Waals surface area contributed by atoms with Crippen LogP contribution in [-0.4, -0.2) is 22.3 Å². The molecule has 2 heterocycles. The molecule has 6 nitrogen and oxygen atoms in total. The first-order valence-electron chi connectivity index (χ1n) is 7.35. The summed E-state index contributed by atoms with van der Waals surface area (Å²) in [7, 11) is 1.78. The quantitative estimate of drug-likeness (QED) is 0.755. The van der Waals surface area contributed by atoms with Crippen LogP contribution in [0.5, 0.6) is 0 Å². The lowest BCUT2D eigenvalue weighted by atomic mass is 10.2. The highest BCUT2D eigenvalue weighted by atomic mass is 32.1. The molecule has 2 N–H and O–H groups in total. The average Bonchev–Trinajstić information content (AvgIpc) is 3.09. The number of benzene rings is 1. The number of nitrogens with zero attached hydrogens (tertiary/aromatic N) is 2. The van der Waals surface area contributed by atoms with Crippen LogP contribution in [-0.2, 0) is 0 Å². The zero-order valence-corrected chi connectivity index (χ0v) is 14.2. The molecule has 0 fully saturated rings. The standard InChI is InChI=1S/C16H18N4O2S/c1-8(2)15-19-11-7-10(5-6-12(11)22-15)18-14(21)13-9(3)20-23-16(13)17-4/h5-8,17H,1-4H3,(H,18,21). The summed E-state index contributed by atoms with van der Waals surface area (Å²) < 4.78 is 9.89. The summed E-state index contributed by atoms with van der Waals surface area (Å²) in [6.45, 7) is 5.88. The summed E-state index contributed by atoms with van der Waals surface area (Å²) in [6.07, 6.45) is 0. The van der Waals surface area contributed by atoms with Crippen LogP contribution in [0.3, 0.4) is 0 Å². The van der Waals surface area contributed by atoms with Gasteiger partial charge >= 0.3 is 0 Å². The topological polar surface area (TPSA) is 80.0 Å². The summed E-state index contributed by atoms with van der Waals surface area (Å²) in [5, 5.41) is 6.65. The Balaban J connectivity index is 1.89. The van der Waals surface area contributed by atoms with Gasteiger partial charge in [-0.1, -0.05) is 13.8 Å². The van der Waals surface area contributed by atoms with Crippen LogP contribution in [0, 0.1) is 6.92 Å². The van der Waals surface area contributed by atoms with Crippen molar-refractivity contribution >= 4 is 39.2 Å². The van der Waals surface area contributed by atoms with E-state index in [-0.39, 0.29) is 11.8 Å². The van der Waals surface area contributed by atoms with E-state index in [0.717, 1.165) is 16.1 Å². The Morgan fingerprint density at radius 2 is 2.13 bits per heavy atom. The molecule has 0 aliphatic carbocycles. The van der Waals surface area contributed by atoms with Gasteiger partial charge in [-0.05, 0) is 36.7 Å². The normalized spacial score (nSPS) is 11.2. The number of aryl methyl sites for hydroxylation is 1. The lowest BCUT2D eigenvalue weighted by Crippen LogP contribution is -2.13. The number of fused-ring (bicyclic) bond motifs is 1. The van der Waals surface area contributed by atoms with Gasteiger partial charge in [0.2, 0.25) is 0 Å². The van der Waals surface area contributed by atoms with Crippen LogP contribution in [0.25, 0.3) is 11.1 Å². The SMILES string of the molecule is CNc1snc(C)c1C(=O)Nc1ccc2oc(C(C)C)nc2c1. The monoisotopic (exact) mass is 330 g/mol. The van der Waals surface area contributed by atoms with Crippen LogP contribution in [0.2, 0.25) is 0 Å². The van der Waals surface area contributed by atoms with Gasteiger partial charge in [-0.25, -0.2) is 4.98 Å². The smallest absolute Gasteiger partial charge is 0.260 e. The zero-order valence-electron chi connectivity index (χ0n) is 13.4. The molecule has 0 aliphatic heterocycles. The van der Waals surface area contributed by atoms with Gasteiger partial charge in [-0.3, -0.25) is 4.79 Å². The molecule has 0 saturated heterocycles. The van der Waals surface area contributed by atoms with Crippen molar-refractivity contribution in [3.8, 4) is 0 Å². The van der Waals surface area contributed by atoms with Crippen molar-refractivity contribution in [3.63, 3.8) is 0 Å². The molecule has 3 rings (SSSR count). The summed E-state index contributed by atoms with van der Waals surface area (Å²) in [4.78, 5) is 17.0. The fourth-order valence-corrected chi connectivity index (χ4v) is 3.01. The molecule has 2 aromatic heterocycles. The minimum absolute atomic E-state index is 0.187. The van der Waals surface area contributed by atoms with E-state index < -0.39 is 0 Å². The Bertz CT molecular complexity index is 866. The van der Waals surface area contributed by atoms with E-state index >= 15 is 0 Å². The number of carbonyl (C=O) groups excluding carboxylic acids is 1. The maximum absolute atomic E-state index is 12.5. The highest BCUT2D eigenvalue weighted by molar-refractivity contribution is 7.10. The molecule has 0 radical (unpaired) electrons. The number of hydrogen-bond donors (Lipinski definition) is 2. The third kappa shape index (κ3) is 2.92. The number of nitrogens with one attached hydrogen (secondary N) is 2. The van der Waals surface area contributed by atoms with Crippen molar-refractivity contribution in [2.75, 3.05) is 17.7 Å². The minimum Gasteiger partial charge on any atom is -0.440 e. The molecular formula is C16H18N4O2S. The van der Waals surface area contributed by atoms with E-state index in [2.05, 4.69) is 20.0 Å². The van der Waals surface area contributed by atoms with E-state index in [1.54, 1.807) is 7.05 Å². The van der Waals surface area contributed by atoms with Gasteiger partial charge in [0.25, 0.3) is 5.91 Å². The van der Waals surface area contributed by atoms with Crippen molar-refractivity contribution in [2.24, 2.45) is 0 Å². The molecule has 1 aromatic carbocycles. The van der Waals surface area contributed by atoms with Gasteiger partial charge in [0.1, 0.15) is 10.5 Å². The van der Waals surface area contributed by atoms with Crippen LogP contribution in [0.4, 0.5) is 10.7 Å². The fraction of sp³-hybridized carbons (Fsp3) is 0.312. The average molecular weight is 330 g/mol. The van der Waals surface area contributed by atoms with Crippen LogP contribution in [0.15, 0.2) is 22.6 Å². The zero-order chi connectivity index (χ0) is 16.6. The van der Waals surface area contributed by atoms with E-state index in [1.807, 2.05) is 39.0 Å². The first kappa shape index (κ1) is 15.5. The van der Waals surface area contributed by atoms with E-state index in [4.69, 9.17) is 4.42 Å². The van der Waals surface area contributed by atoms with Crippen molar-refractivity contribution in [1.29, 1.82) is 0 Å². The molecule has 1 amide bonds. The summed E-state index contributed by atoms with van der Waals surface area (Å²) in [5.74, 6) is 0.726. The second-order valence-corrected chi connectivity index (χ2v) is 6.34. The molecule has 0 bridgehead atoms. The predicted octanol–water partition coefficient (Wildman–Crippen LogP) is 4.01. The number of oxazole rings is 1. The first-order chi connectivity index (χ1) is 11.0. The first-order valence-corrected chi connectivity index (χ1v) is 8.12. The molecule has 23 heavy (non-hydrogen) atoms. The van der Waals surface area contributed by atoms with Crippen molar-refractivity contribution < 1.29 is 9.21 Å². The Morgan fingerprint density at radius 1 is 1.35 bits per heavy atom. The Labute approximate surface area is 138 Å². The lowest BCUT2D eigenvalue weighted by molar-refractivity contribution is 0.102. The van der Waals surface area contributed by atoms with Crippen LogP contribution in [0.1, 0.15) is 41.7 Å². The number of amides is 1. The third-order valence-corrected chi connectivity index (χ3v) is 4.43. The van der Waals surface area contributed by atoms with Crippen molar-refractivity contribution in [2.45, 2.75) is 26.7 Å². The van der Waals surface area contributed by atoms with Gasteiger partial charge in [-0.2, -0.15) is 4.37 Å². The Hall–Kier alpha value is -2.41. The summed E-state index contributed by atoms with van der Waals surface area (Å²) >= 11 is 1.27. The summed E-state index contributed by atoms with van der Waals surface area (Å²) in [5.41, 5.74) is 3.41. The van der Waals surface area contributed by atoms with Gasteiger partial charge in [-0.15, -0.1) is 0 Å². The van der Waals surface area contributed by atoms with Crippen molar-refractivity contribution in [1.82, 2.24) is 9.36 Å². The highest BCUT2D eigenvalue weighted by Gasteiger charge is 2.18. The lowest BCUT2D eigenvalue weighted by Gasteiger charge is -2.06. The largest absolute Gasteiger partial charge is 0.440 e. The molecule has 3 aromatic rings. The number of anilines is 2. The molecule has 120 valence electrons. The summed E-state index contributed by atoms with van der Waals surface area (Å²) in [6, 6.07) is 5.45. The van der Waals surface area contributed by atoms with E-state index in [0.29, 0.717) is 22.8 Å². The van der Waals surface area contributed by atoms with Gasteiger partial charge in [0.15, 0.2) is 11.5 Å². The van der Waals surface area contributed by atoms with E-state index in [1.165, 1.54) is 11.5 Å². The second-order valence-electron chi connectivity index (χ2n) is 5.57. The van der Waals surface area contributed by atoms with Crippen LogP contribution < -0.4 is 10.6 Å². The molecule has 7 heteroatoms. The third-order valence-electron chi connectivity index (χ3n) is 3.47. The van der Waals surface area contributed by atoms with Crippen LogP contribution >= 0.6 is 11.5 Å². The minimum atomic E-state index is -0.187.